The number of carbonyl (C=O) groups is 1. The molecule has 1 aliphatic rings. The quantitative estimate of drug-likeness (QED) is 0.401. The van der Waals surface area contributed by atoms with Gasteiger partial charge in [0, 0.05) is 36.9 Å². The highest BCUT2D eigenvalue weighted by molar-refractivity contribution is 6.30. The van der Waals surface area contributed by atoms with Gasteiger partial charge in [-0.15, -0.1) is 0 Å². The summed E-state index contributed by atoms with van der Waals surface area (Å²) in [6.45, 7) is 2.76. The van der Waals surface area contributed by atoms with E-state index in [1.165, 1.54) is 17.2 Å². The van der Waals surface area contributed by atoms with Crippen LogP contribution in [0.1, 0.15) is 17.5 Å². The Bertz CT molecular complexity index is 811. The van der Waals surface area contributed by atoms with Gasteiger partial charge in [-0.05, 0) is 47.9 Å². The van der Waals surface area contributed by atoms with Crippen molar-refractivity contribution in [1.29, 1.82) is 0 Å². The van der Waals surface area contributed by atoms with Gasteiger partial charge >= 0.3 is 5.91 Å². The van der Waals surface area contributed by atoms with Crippen molar-refractivity contribution in [1.82, 2.24) is 15.4 Å². The standard InChI is InChI=1S/C19H20ClFN4O2/c20-15-4-1-13(2-5-15)11-25-8-7-16(12-25)23-18-6-3-14(10-22-18)9-17(21)19(26)24-27/h1-6,9-10,16,27H,7-8,11-12H2,(H,22,23)(H,24,26)/b17-9-/t16-/m1/s1. The minimum absolute atomic E-state index is 0.281. The molecule has 1 aromatic heterocycles. The lowest BCUT2D eigenvalue weighted by molar-refractivity contribution is -0.126. The molecule has 1 atom stereocenters. The van der Waals surface area contributed by atoms with Crippen molar-refractivity contribution in [3.05, 3.63) is 64.6 Å². The number of pyridine rings is 1. The van der Waals surface area contributed by atoms with E-state index in [9.17, 15) is 9.18 Å². The molecule has 8 heteroatoms. The van der Waals surface area contributed by atoms with E-state index in [-0.39, 0.29) is 6.04 Å². The fourth-order valence-electron chi connectivity index (χ4n) is 2.99. The Balaban J connectivity index is 1.52. The van der Waals surface area contributed by atoms with Crippen LogP contribution in [0.25, 0.3) is 6.08 Å². The Morgan fingerprint density at radius 3 is 2.78 bits per heavy atom. The third kappa shape index (κ3) is 5.50. The van der Waals surface area contributed by atoms with E-state index in [0.717, 1.165) is 37.2 Å². The average molecular weight is 391 g/mol. The van der Waals surface area contributed by atoms with Crippen molar-refractivity contribution in [3.8, 4) is 0 Å². The lowest BCUT2D eigenvalue weighted by atomic mass is 10.2. The van der Waals surface area contributed by atoms with E-state index in [1.54, 1.807) is 12.1 Å². The number of carbonyl (C=O) groups excluding carboxylic acids is 1. The Kier molecular flexibility index (Phi) is 6.39. The van der Waals surface area contributed by atoms with Crippen LogP contribution in [0.4, 0.5) is 10.2 Å². The summed E-state index contributed by atoms with van der Waals surface area (Å²) in [4.78, 5) is 17.6. The molecule has 1 saturated heterocycles. The molecule has 1 amide bonds. The molecule has 0 radical (unpaired) electrons. The number of likely N-dealkylation sites (tertiary alicyclic amines) is 1. The monoisotopic (exact) mass is 390 g/mol. The summed E-state index contributed by atoms with van der Waals surface area (Å²) < 4.78 is 13.4. The number of nitrogens with zero attached hydrogens (tertiary/aromatic N) is 2. The first-order valence-electron chi connectivity index (χ1n) is 8.54. The van der Waals surface area contributed by atoms with E-state index in [0.29, 0.717) is 11.4 Å². The van der Waals surface area contributed by atoms with Crippen molar-refractivity contribution in [2.24, 2.45) is 0 Å². The first-order valence-corrected chi connectivity index (χ1v) is 8.92. The van der Waals surface area contributed by atoms with Crippen molar-refractivity contribution in [3.63, 3.8) is 0 Å². The molecular weight excluding hydrogens is 371 g/mol. The predicted octanol–water partition coefficient (Wildman–Crippen LogP) is 3.24. The Morgan fingerprint density at radius 2 is 2.11 bits per heavy atom. The smallest absolute Gasteiger partial charge is 0.303 e. The fraction of sp³-hybridized carbons (Fsp3) is 0.263. The van der Waals surface area contributed by atoms with Crippen LogP contribution in [-0.4, -0.2) is 40.1 Å². The van der Waals surface area contributed by atoms with E-state index in [4.69, 9.17) is 16.8 Å². The van der Waals surface area contributed by atoms with Crippen molar-refractivity contribution in [2.75, 3.05) is 18.4 Å². The summed E-state index contributed by atoms with van der Waals surface area (Å²) in [5, 5.41) is 12.5. The molecule has 3 N–H and O–H groups in total. The van der Waals surface area contributed by atoms with Crippen LogP contribution in [0.15, 0.2) is 48.4 Å². The van der Waals surface area contributed by atoms with Crippen LogP contribution < -0.4 is 10.8 Å². The molecule has 0 aliphatic carbocycles. The average Bonchev–Trinajstić information content (AvgIpc) is 3.11. The van der Waals surface area contributed by atoms with E-state index < -0.39 is 11.7 Å². The van der Waals surface area contributed by atoms with Crippen molar-refractivity contribution >= 4 is 29.4 Å². The second-order valence-corrected chi connectivity index (χ2v) is 6.84. The highest BCUT2D eigenvalue weighted by Crippen LogP contribution is 2.19. The Hall–Kier alpha value is -2.48. The van der Waals surface area contributed by atoms with Gasteiger partial charge in [-0.1, -0.05) is 23.7 Å². The number of benzene rings is 1. The summed E-state index contributed by atoms with van der Waals surface area (Å²) in [7, 11) is 0. The van der Waals surface area contributed by atoms with Crippen LogP contribution in [0.3, 0.4) is 0 Å². The first-order chi connectivity index (χ1) is 13.0. The van der Waals surface area contributed by atoms with Crippen molar-refractivity contribution in [2.45, 2.75) is 19.0 Å². The van der Waals surface area contributed by atoms with Crippen LogP contribution in [0, 0.1) is 0 Å². The number of amides is 1. The molecule has 2 heterocycles. The van der Waals surface area contributed by atoms with E-state index in [2.05, 4.69) is 15.2 Å². The topological polar surface area (TPSA) is 77.5 Å². The normalized spacial score (nSPS) is 17.7. The number of hydrogen-bond acceptors (Lipinski definition) is 5. The largest absolute Gasteiger partial charge is 0.366 e. The third-order valence-electron chi connectivity index (χ3n) is 4.34. The lowest BCUT2D eigenvalue weighted by Crippen LogP contribution is -2.26. The number of hydrogen-bond donors (Lipinski definition) is 3. The third-order valence-corrected chi connectivity index (χ3v) is 4.59. The maximum absolute atomic E-state index is 13.4. The van der Waals surface area contributed by atoms with Gasteiger partial charge in [0.25, 0.3) is 0 Å². The Morgan fingerprint density at radius 1 is 1.33 bits per heavy atom. The van der Waals surface area contributed by atoms with Gasteiger partial charge in [-0.2, -0.15) is 0 Å². The molecule has 1 aliphatic heterocycles. The second kappa shape index (κ2) is 8.94. The zero-order valence-electron chi connectivity index (χ0n) is 14.5. The molecule has 142 valence electrons. The molecule has 0 bridgehead atoms. The molecule has 6 nitrogen and oxygen atoms in total. The summed E-state index contributed by atoms with van der Waals surface area (Å²) in [5.41, 5.74) is 2.90. The fourth-order valence-corrected chi connectivity index (χ4v) is 3.12. The summed E-state index contributed by atoms with van der Waals surface area (Å²) in [5.74, 6) is -1.59. The van der Waals surface area contributed by atoms with Gasteiger partial charge in [0.05, 0.1) is 0 Å². The summed E-state index contributed by atoms with van der Waals surface area (Å²) in [6.07, 6.45) is 3.47. The lowest BCUT2D eigenvalue weighted by Gasteiger charge is -2.17. The number of halogens is 2. The van der Waals surface area contributed by atoms with E-state index in [1.807, 2.05) is 24.3 Å². The van der Waals surface area contributed by atoms with Gasteiger partial charge in [0.1, 0.15) is 5.82 Å². The van der Waals surface area contributed by atoms with E-state index >= 15 is 0 Å². The second-order valence-electron chi connectivity index (χ2n) is 6.40. The summed E-state index contributed by atoms with van der Waals surface area (Å²) in [6, 6.07) is 11.5. The molecule has 0 spiro atoms. The highest BCUT2D eigenvalue weighted by atomic mass is 35.5. The number of nitrogens with one attached hydrogen (secondary N) is 2. The maximum atomic E-state index is 13.4. The number of hydroxylamine groups is 1. The van der Waals surface area contributed by atoms with Crippen LogP contribution in [0.2, 0.25) is 5.02 Å². The number of aromatic nitrogens is 1. The van der Waals surface area contributed by atoms with Crippen LogP contribution in [0.5, 0.6) is 0 Å². The minimum Gasteiger partial charge on any atom is -0.366 e. The molecule has 0 saturated carbocycles. The molecule has 2 aromatic rings. The minimum atomic E-state index is -1.19. The summed E-state index contributed by atoms with van der Waals surface area (Å²) >= 11 is 5.92. The zero-order chi connectivity index (χ0) is 19.2. The molecular formula is C19H20ClFN4O2. The molecule has 1 aromatic carbocycles. The van der Waals surface area contributed by atoms with Gasteiger partial charge in [-0.25, -0.2) is 14.9 Å². The van der Waals surface area contributed by atoms with Crippen molar-refractivity contribution < 1.29 is 14.4 Å². The number of anilines is 1. The molecule has 27 heavy (non-hydrogen) atoms. The van der Waals surface area contributed by atoms with Crippen LogP contribution >= 0.6 is 11.6 Å². The Labute approximate surface area is 161 Å². The molecule has 0 unspecified atom stereocenters. The molecule has 3 rings (SSSR count). The maximum Gasteiger partial charge on any atom is 0.303 e. The number of rotatable bonds is 6. The van der Waals surface area contributed by atoms with Gasteiger partial charge < -0.3 is 5.32 Å². The zero-order valence-corrected chi connectivity index (χ0v) is 15.3. The van der Waals surface area contributed by atoms with Gasteiger partial charge in [-0.3, -0.25) is 14.9 Å². The highest BCUT2D eigenvalue weighted by Gasteiger charge is 2.22. The van der Waals surface area contributed by atoms with Gasteiger partial charge in [0.15, 0.2) is 5.83 Å². The SMILES string of the molecule is O=C(NO)/C(F)=C/c1ccc(N[C@@H]2CCN(Cc3ccc(Cl)cc3)C2)nc1. The molecule has 1 fully saturated rings. The van der Waals surface area contributed by atoms with Gasteiger partial charge in [0.2, 0.25) is 0 Å². The predicted molar refractivity (Wildman–Crippen MR) is 102 cm³/mol. The first kappa shape index (κ1) is 19.3. The van der Waals surface area contributed by atoms with Crippen LogP contribution in [-0.2, 0) is 11.3 Å².